The van der Waals surface area contributed by atoms with E-state index >= 15 is 0 Å². The van der Waals surface area contributed by atoms with Gasteiger partial charge in [0.15, 0.2) is 5.76 Å². The number of rotatable bonds is 7. The van der Waals surface area contributed by atoms with Crippen LogP contribution in [0.25, 0.3) is 11.3 Å². The molecule has 5 nitrogen and oxygen atoms in total. The van der Waals surface area contributed by atoms with Crippen LogP contribution in [0, 0.1) is 11.6 Å². The van der Waals surface area contributed by atoms with Gasteiger partial charge in [-0.2, -0.15) is 0 Å². The lowest BCUT2D eigenvalue weighted by Gasteiger charge is -2.18. The van der Waals surface area contributed by atoms with Gasteiger partial charge in [-0.3, -0.25) is 9.69 Å². The molecule has 1 aromatic heterocycles. The molecule has 0 fully saturated rings. The summed E-state index contributed by atoms with van der Waals surface area (Å²) in [6.07, 6.45) is 1.63. The molecule has 0 unspecified atom stereocenters. The van der Waals surface area contributed by atoms with E-state index in [-0.39, 0.29) is 6.54 Å². The van der Waals surface area contributed by atoms with Crippen LogP contribution in [0.15, 0.2) is 59.1 Å². The van der Waals surface area contributed by atoms with E-state index in [9.17, 15) is 13.6 Å². The molecule has 1 N–H and O–H groups in total. The van der Waals surface area contributed by atoms with Crippen LogP contribution in [-0.2, 0) is 11.3 Å². The number of amides is 1. The zero-order valence-electron chi connectivity index (χ0n) is 14.8. The lowest BCUT2D eigenvalue weighted by atomic mass is 10.2. The van der Waals surface area contributed by atoms with E-state index in [0.717, 1.165) is 17.7 Å². The second-order valence-electron chi connectivity index (χ2n) is 5.93. The molecule has 0 aliphatic heterocycles. The molecule has 1 heterocycles. The summed E-state index contributed by atoms with van der Waals surface area (Å²) < 4.78 is 33.0. The van der Waals surface area contributed by atoms with Crippen molar-refractivity contribution in [2.75, 3.05) is 18.4 Å². The van der Waals surface area contributed by atoms with Crippen LogP contribution in [0.3, 0.4) is 0 Å². The number of para-hydroxylation sites is 1. The maximum atomic E-state index is 13.6. The Balaban J connectivity index is 1.62. The topological polar surface area (TPSA) is 58.4 Å². The Morgan fingerprint density at radius 1 is 1.11 bits per heavy atom. The fourth-order valence-electron chi connectivity index (χ4n) is 2.59. The Labute approximate surface area is 155 Å². The number of hydrogen-bond donors (Lipinski definition) is 1. The largest absolute Gasteiger partial charge is 0.439 e. The highest BCUT2D eigenvalue weighted by Crippen LogP contribution is 2.21. The maximum absolute atomic E-state index is 13.6. The van der Waals surface area contributed by atoms with Crippen molar-refractivity contribution in [1.29, 1.82) is 0 Å². The highest BCUT2D eigenvalue weighted by molar-refractivity contribution is 5.92. The maximum Gasteiger partial charge on any atom is 0.238 e. The number of halogens is 2. The van der Waals surface area contributed by atoms with Crippen molar-refractivity contribution >= 4 is 11.6 Å². The molecule has 0 aliphatic carbocycles. The third-order valence-electron chi connectivity index (χ3n) is 4.01. The Morgan fingerprint density at radius 2 is 1.81 bits per heavy atom. The number of carbonyl (C=O) groups is 1. The molecule has 0 atom stereocenters. The molecule has 3 aromatic rings. The fourth-order valence-corrected chi connectivity index (χ4v) is 2.59. The van der Waals surface area contributed by atoms with E-state index in [1.165, 1.54) is 6.07 Å². The van der Waals surface area contributed by atoms with E-state index in [1.54, 1.807) is 11.1 Å². The van der Waals surface area contributed by atoms with Crippen molar-refractivity contribution in [3.8, 4) is 11.3 Å². The minimum atomic E-state index is -0.813. The van der Waals surface area contributed by atoms with Crippen LogP contribution in [0.5, 0.6) is 0 Å². The predicted octanol–water partition coefficient (Wildman–Crippen LogP) is 4.08. The highest BCUT2D eigenvalue weighted by Gasteiger charge is 2.16. The quantitative estimate of drug-likeness (QED) is 0.680. The van der Waals surface area contributed by atoms with Crippen molar-refractivity contribution < 1.29 is 18.0 Å². The van der Waals surface area contributed by atoms with Crippen LogP contribution in [-0.4, -0.2) is 28.9 Å². The standard InChI is InChI=1S/C20H19F2N3O2/c1-2-25(12-18(26)24-20-15(21)9-6-10-16(20)22)13-19-23-11-17(27-19)14-7-4-3-5-8-14/h3-11H,2,12-13H2,1H3,(H,24,26). The number of carbonyl (C=O) groups excluding carboxylic acids is 1. The lowest BCUT2D eigenvalue weighted by molar-refractivity contribution is -0.117. The molecule has 140 valence electrons. The number of oxazole rings is 1. The van der Waals surface area contributed by atoms with Crippen LogP contribution < -0.4 is 5.32 Å². The Kier molecular flexibility index (Phi) is 5.93. The summed E-state index contributed by atoms with van der Waals surface area (Å²) in [5.41, 5.74) is 0.466. The van der Waals surface area contributed by atoms with Gasteiger partial charge in [-0.15, -0.1) is 0 Å². The molecule has 1 amide bonds. The van der Waals surface area contributed by atoms with Crippen molar-refractivity contribution in [1.82, 2.24) is 9.88 Å². The van der Waals surface area contributed by atoms with Crippen molar-refractivity contribution in [3.05, 3.63) is 72.3 Å². The normalized spacial score (nSPS) is 11.0. The first kappa shape index (κ1) is 18.7. The Hall–Kier alpha value is -3.06. The average molecular weight is 371 g/mol. The molecule has 0 bridgehead atoms. The second-order valence-corrected chi connectivity index (χ2v) is 5.93. The van der Waals surface area contributed by atoms with Gasteiger partial charge < -0.3 is 9.73 Å². The molecule has 27 heavy (non-hydrogen) atoms. The van der Waals surface area contributed by atoms with Gasteiger partial charge in [0.25, 0.3) is 0 Å². The van der Waals surface area contributed by atoms with Crippen LogP contribution in [0.2, 0.25) is 0 Å². The minimum absolute atomic E-state index is 0.0483. The van der Waals surface area contributed by atoms with Crippen molar-refractivity contribution in [2.45, 2.75) is 13.5 Å². The first-order valence-electron chi connectivity index (χ1n) is 8.53. The molecule has 2 aromatic carbocycles. The molecule has 0 saturated carbocycles. The number of nitrogens with one attached hydrogen (secondary N) is 1. The summed E-state index contributed by atoms with van der Waals surface area (Å²) in [4.78, 5) is 18.2. The SMILES string of the molecule is CCN(CC(=O)Nc1c(F)cccc1F)Cc1ncc(-c2ccccc2)o1. The van der Waals surface area contributed by atoms with Gasteiger partial charge in [-0.1, -0.05) is 43.3 Å². The summed E-state index contributed by atoms with van der Waals surface area (Å²) in [5.74, 6) is -1.05. The van der Waals surface area contributed by atoms with E-state index in [1.807, 2.05) is 37.3 Å². The number of nitrogens with zero attached hydrogens (tertiary/aromatic N) is 2. The summed E-state index contributed by atoms with van der Waals surface area (Å²) in [5, 5.41) is 2.28. The van der Waals surface area contributed by atoms with Crippen LogP contribution in [0.1, 0.15) is 12.8 Å². The number of likely N-dealkylation sites (N-methyl/N-ethyl adjacent to an activating group) is 1. The first-order chi connectivity index (χ1) is 13.1. The van der Waals surface area contributed by atoms with E-state index in [4.69, 9.17) is 4.42 Å². The van der Waals surface area contributed by atoms with E-state index in [0.29, 0.717) is 24.7 Å². The fraction of sp³-hybridized carbons (Fsp3) is 0.200. The van der Waals surface area contributed by atoms with Gasteiger partial charge in [0, 0.05) is 5.56 Å². The summed E-state index contributed by atoms with van der Waals surface area (Å²) in [7, 11) is 0. The number of hydrogen-bond acceptors (Lipinski definition) is 4. The van der Waals surface area contributed by atoms with Gasteiger partial charge in [0.1, 0.15) is 17.3 Å². The smallest absolute Gasteiger partial charge is 0.238 e. The molecule has 0 spiro atoms. The van der Waals surface area contributed by atoms with Crippen LogP contribution >= 0.6 is 0 Å². The van der Waals surface area contributed by atoms with E-state index in [2.05, 4.69) is 10.3 Å². The lowest BCUT2D eigenvalue weighted by Crippen LogP contribution is -2.33. The minimum Gasteiger partial charge on any atom is -0.439 e. The van der Waals surface area contributed by atoms with Gasteiger partial charge in [0.2, 0.25) is 11.8 Å². The highest BCUT2D eigenvalue weighted by atomic mass is 19.1. The molecule has 0 saturated heterocycles. The van der Waals surface area contributed by atoms with Gasteiger partial charge in [-0.05, 0) is 18.7 Å². The molecule has 0 radical (unpaired) electrons. The summed E-state index contributed by atoms with van der Waals surface area (Å²) in [6.45, 7) is 2.66. The number of benzene rings is 2. The molecular weight excluding hydrogens is 352 g/mol. The summed E-state index contributed by atoms with van der Waals surface area (Å²) >= 11 is 0. The van der Waals surface area contributed by atoms with Crippen molar-refractivity contribution in [2.24, 2.45) is 0 Å². The third-order valence-corrected chi connectivity index (χ3v) is 4.01. The molecule has 7 heteroatoms. The Morgan fingerprint density at radius 3 is 2.48 bits per heavy atom. The third kappa shape index (κ3) is 4.77. The molecule has 3 rings (SSSR count). The second kappa shape index (κ2) is 8.55. The van der Waals surface area contributed by atoms with Gasteiger partial charge in [-0.25, -0.2) is 13.8 Å². The number of anilines is 1. The van der Waals surface area contributed by atoms with Gasteiger partial charge >= 0.3 is 0 Å². The van der Waals surface area contributed by atoms with Gasteiger partial charge in [0.05, 0.1) is 19.3 Å². The zero-order valence-corrected chi connectivity index (χ0v) is 14.8. The first-order valence-corrected chi connectivity index (χ1v) is 8.53. The monoisotopic (exact) mass is 371 g/mol. The van der Waals surface area contributed by atoms with Crippen molar-refractivity contribution in [3.63, 3.8) is 0 Å². The molecular formula is C20H19F2N3O2. The summed E-state index contributed by atoms with van der Waals surface area (Å²) in [6, 6.07) is 13.0. The average Bonchev–Trinajstić information content (AvgIpc) is 3.13. The zero-order chi connectivity index (χ0) is 19.2. The predicted molar refractivity (Wildman–Crippen MR) is 97.9 cm³/mol. The number of aromatic nitrogens is 1. The van der Waals surface area contributed by atoms with E-state index < -0.39 is 23.2 Å². The molecule has 0 aliphatic rings. The van der Waals surface area contributed by atoms with Crippen LogP contribution in [0.4, 0.5) is 14.5 Å². The Bertz CT molecular complexity index is 892.